The Morgan fingerprint density at radius 1 is 1.19 bits per heavy atom. The van der Waals surface area contributed by atoms with Crippen molar-refractivity contribution in [1.29, 1.82) is 0 Å². The topological polar surface area (TPSA) is 9.23 Å². The average Bonchev–Trinajstić information content (AvgIpc) is 3.01. The van der Waals surface area contributed by atoms with Gasteiger partial charge in [-0.05, 0) is 48.1 Å². The summed E-state index contributed by atoms with van der Waals surface area (Å²) in [6.07, 6.45) is 4.95. The molecule has 0 heterocycles. The van der Waals surface area contributed by atoms with Gasteiger partial charge in [-0.25, -0.2) is 0 Å². The first-order valence-corrected chi connectivity index (χ1v) is 8.70. The van der Waals surface area contributed by atoms with Gasteiger partial charge in [-0.3, -0.25) is 0 Å². The molecule has 1 spiro atoms. The number of hydrogen-bond donors (Lipinski definition) is 0. The molecule has 4 rings (SSSR count). The lowest BCUT2D eigenvalue weighted by atomic mass is 9.69. The molecular weight excluding hydrogens is 276 g/mol. The van der Waals surface area contributed by atoms with E-state index < -0.39 is 0 Å². The lowest BCUT2D eigenvalue weighted by Gasteiger charge is -2.40. The molecule has 0 aliphatic heterocycles. The van der Waals surface area contributed by atoms with Crippen LogP contribution in [0.3, 0.4) is 0 Å². The highest BCUT2D eigenvalue weighted by Crippen LogP contribution is 2.77. The van der Waals surface area contributed by atoms with Gasteiger partial charge in [0.1, 0.15) is 0 Å². The molecule has 1 aromatic carbocycles. The van der Waals surface area contributed by atoms with Crippen LogP contribution >= 0.6 is 12.0 Å². The SMILES string of the molecule is C=C1C(C)(C)[C@@H]2CC[C@@]1(SOC)C21Cc2ccccc2C1. The second-order valence-electron chi connectivity index (χ2n) is 7.65. The highest BCUT2D eigenvalue weighted by Gasteiger charge is 2.73. The lowest BCUT2D eigenvalue weighted by molar-refractivity contribution is 0.159. The molecular formula is C19H24OS. The predicted molar refractivity (Wildman–Crippen MR) is 89.3 cm³/mol. The largest absolute Gasteiger partial charge is 0.318 e. The van der Waals surface area contributed by atoms with E-state index in [1.807, 2.05) is 7.11 Å². The lowest BCUT2D eigenvalue weighted by Crippen LogP contribution is -2.41. The second kappa shape index (κ2) is 4.17. The molecule has 0 unspecified atom stereocenters. The Balaban J connectivity index is 1.88. The number of rotatable bonds is 2. The molecule has 2 heteroatoms. The van der Waals surface area contributed by atoms with Gasteiger partial charge in [0.15, 0.2) is 0 Å². The standard InChI is InChI=1S/C19H24OS/c1-13-17(2,3)16-9-10-19(13,21-20-4)18(16)11-14-7-5-6-8-15(14)12-18/h5-8,16H,1,9-12H2,2-4H3/t16-,19-/m0/s1. The fourth-order valence-corrected chi connectivity index (χ4v) is 7.18. The van der Waals surface area contributed by atoms with Crippen molar-refractivity contribution < 1.29 is 4.18 Å². The van der Waals surface area contributed by atoms with Crippen LogP contribution in [0.25, 0.3) is 0 Å². The van der Waals surface area contributed by atoms with Crippen LogP contribution in [0.15, 0.2) is 36.4 Å². The molecule has 1 nitrogen and oxygen atoms in total. The van der Waals surface area contributed by atoms with Gasteiger partial charge in [-0.2, -0.15) is 0 Å². The molecule has 0 aromatic heterocycles. The van der Waals surface area contributed by atoms with Gasteiger partial charge in [0.05, 0.1) is 11.9 Å². The molecule has 3 aliphatic carbocycles. The molecule has 2 bridgehead atoms. The molecule has 2 atom stereocenters. The first-order chi connectivity index (χ1) is 9.98. The Morgan fingerprint density at radius 2 is 1.81 bits per heavy atom. The summed E-state index contributed by atoms with van der Waals surface area (Å²) in [5.41, 5.74) is 5.07. The van der Waals surface area contributed by atoms with Crippen molar-refractivity contribution in [2.24, 2.45) is 16.7 Å². The highest BCUT2D eigenvalue weighted by atomic mass is 32.2. The van der Waals surface area contributed by atoms with E-state index in [0.717, 1.165) is 5.92 Å². The summed E-state index contributed by atoms with van der Waals surface area (Å²) in [4.78, 5) is 0. The first-order valence-electron chi connectivity index (χ1n) is 7.96. The van der Waals surface area contributed by atoms with E-state index in [4.69, 9.17) is 4.18 Å². The Kier molecular flexibility index (Phi) is 2.76. The monoisotopic (exact) mass is 300 g/mol. The molecule has 3 aliphatic rings. The van der Waals surface area contributed by atoms with Crippen molar-refractivity contribution in [2.45, 2.75) is 44.3 Å². The molecule has 0 saturated heterocycles. The van der Waals surface area contributed by atoms with Gasteiger partial charge in [0.25, 0.3) is 0 Å². The van der Waals surface area contributed by atoms with Crippen LogP contribution in [0.4, 0.5) is 0 Å². The van der Waals surface area contributed by atoms with Crippen molar-refractivity contribution in [3.8, 4) is 0 Å². The fourth-order valence-electron chi connectivity index (χ4n) is 5.88. The van der Waals surface area contributed by atoms with Gasteiger partial charge in [-0.15, -0.1) is 0 Å². The maximum absolute atomic E-state index is 5.65. The summed E-state index contributed by atoms with van der Waals surface area (Å²) in [6, 6.07) is 9.02. The van der Waals surface area contributed by atoms with Crippen LogP contribution in [0.2, 0.25) is 0 Å². The molecule has 1 aromatic rings. The van der Waals surface area contributed by atoms with Crippen molar-refractivity contribution in [3.63, 3.8) is 0 Å². The quantitative estimate of drug-likeness (QED) is 0.572. The Morgan fingerprint density at radius 3 is 2.38 bits per heavy atom. The second-order valence-corrected chi connectivity index (χ2v) is 8.84. The number of hydrogen-bond acceptors (Lipinski definition) is 2. The Bertz CT molecular complexity index is 593. The van der Waals surface area contributed by atoms with Crippen LogP contribution in [0.5, 0.6) is 0 Å². The number of fused-ring (bicyclic) bond motifs is 1. The summed E-state index contributed by atoms with van der Waals surface area (Å²) >= 11 is 1.71. The summed E-state index contributed by atoms with van der Waals surface area (Å²) in [5.74, 6) is 0.729. The van der Waals surface area contributed by atoms with Crippen LogP contribution < -0.4 is 0 Å². The van der Waals surface area contributed by atoms with E-state index in [0.29, 0.717) is 5.41 Å². The van der Waals surface area contributed by atoms with E-state index in [-0.39, 0.29) is 10.2 Å². The maximum atomic E-state index is 5.65. The maximum Gasteiger partial charge on any atom is 0.0699 e. The molecule has 0 N–H and O–H groups in total. The van der Waals surface area contributed by atoms with Gasteiger partial charge in [-0.1, -0.05) is 50.3 Å². The Hall–Kier alpha value is -0.730. The van der Waals surface area contributed by atoms with Crippen molar-refractivity contribution in [3.05, 3.63) is 47.5 Å². The van der Waals surface area contributed by atoms with E-state index in [9.17, 15) is 0 Å². The molecule has 0 radical (unpaired) electrons. The third kappa shape index (κ3) is 1.44. The third-order valence-corrected chi connectivity index (χ3v) is 8.06. The normalized spacial score (nSPS) is 34.6. The zero-order valence-electron chi connectivity index (χ0n) is 13.2. The molecule has 112 valence electrons. The fraction of sp³-hybridized carbons (Fsp3) is 0.579. The minimum atomic E-state index is 0.106. The Labute approximate surface area is 132 Å². The van der Waals surface area contributed by atoms with E-state index in [1.54, 1.807) is 23.2 Å². The average molecular weight is 300 g/mol. The van der Waals surface area contributed by atoms with Crippen molar-refractivity contribution in [2.75, 3.05) is 7.11 Å². The van der Waals surface area contributed by atoms with Crippen molar-refractivity contribution in [1.82, 2.24) is 0 Å². The van der Waals surface area contributed by atoms with Crippen LogP contribution in [-0.2, 0) is 17.0 Å². The third-order valence-electron chi connectivity index (χ3n) is 6.75. The van der Waals surface area contributed by atoms with Gasteiger partial charge in [0.2, 0.25) is 0 Å². The smallest absolute Gasteiger partial charge is 0.0699 e. The van der Waals surface area contributed by atoms with Crippen LogP contribution in [0.1, 0.15) is 37.8 Å². The van der Waals surface area contributed by atoms with Crippen LogP contribution in [0, 0.1) is 16.7 Å². The summed E-state index contributed by atoms with van der Waals surface area (Å²) in [6.45, 7) is 9.37. The van der Waals surface area contributed by atoms with Gasteiger partial charge >= 0.3 is 0 Å². The van der Waals surface area contributed by atoms with E-state index in [2.05, 4.69) is 44.7 Å². The van der Waals surface area contributed by atoms with Gasteiger partial charge in [0, 0.05) is 17.5 Å². The van der Waals surface area contributed by atoms with Gasteiger partial charge < -0.3 is 4.18 Å². The van der Waals surface area contributed by atoms with Crippen molar-refractivity contribution >= 4 is 12.0 Å². The molecule has 2 saturated carbocycles. The zero-order chi connectivity index (χ0) is 14.9. The summed E-state index contributed by atoms with van der Waals surface area (Å²) in [5, 5.41) is 0. The highest BCUT2D eigenvalue weighted by molar-refractivity contribution is 7.96. The van der Waals surface area contributed by atoms with E-state index in [1.165, 1.54) is 31.3 Å². The first kappa shape index (κ1) is 13.9. The molecule has 2 fully saturated rings. The minimum absolute atomic E-state index is 0.106. The van der Waals surface area contributed by atoms with E-state index >= 15 is 0 Å². The summed E-state index contributed by atoms with van der Waals surface area (Å²) in [7, 11) is 1.82. The summed E-state index contributed by atoms with van der Waals surface area (Å²) < 4.78 is 5.76. The molecule has 21 heavy (non-hydrogen) atoms. The minimum Gasteiger partial charge on any atom is -0.318 e. The number of benzene rings is 1. The predicted octanol–water partition coefficient (Wildman–Crippen LogP) is 4.81. The zero-order valence-corrected chi connectivity index (χ0v) is 14.1. The molecule has 0 amide bonds. The van der Waals surface area contributed by atoms with Crippen LogP contribution in [-0.4, -0.2) is 11.9 Å².